The van der Waals surface area contributed by atoms with Crippen molar-refractivity contribution in [3.63, 3.8) is 0 Å². The maximum atomic E-state index is 12.4. The van der Waals surface area contributed by atoms with Crippen LogP contribution in [0, 0.1) is 22.7 Å². The van der Waals surface area contributed by atoms with Crippen LogP contribution in [0.5, 0.6) is 5.75 Å². The van der Waals surface area contributed by atoms with Gasteiger partial charge in [0.15, 0.2) is 0 Å². The first kappa shape index (κ1) is 18.5. The summed E-state index contributed by atoms with van der Waals surface area (Å²) in [6, 6.07) is 10.3. The Morgan fingerprint density at radius 1 is 1.21 bits per heavy atom. The zero-order valence-electron chi connectivity index (χ0n) is 15.0. The maximum absolute atomic E-state index is 12.4. The fourth-order valence-electron chi connectivity index (χ4n) is 3.55. The third kappa shape index (κ3) is 4.84. The number of esters is 1. The van der Waals surface area contributed by atoms with E-state index in [2.05, 4.69) is 19.9 Å². The van der Waals surface area contributed by atoms with Crippen LogP contribution < -0.4 is 4.74 Å². The fraction of sp³-hybridized carbons (Fsp3) is 0.619. The molecule has 0 aliphatic heterocycles. The molecule has 1 aliphatic rings. The zero-order valence-corrected chi connectivity index (χ0v) is 15.0. The van der Waals surface area contributed by atoms with Crippen molar-refractivity contribution in [1.82, 2.24) is 0 Å². The molecule has 2 rings (SSSR count). The molecule has 0 saturated heterocycles. The van der Waals surface area contributed by atoms with Crippen molar-refractivity contribution in [3.05, 3.63) is 29.8 Å². The van der Waals surface area contributed by atoms with E-state index in [1.165, 1.54) is 5.56 Å². The van der Waals surface area contributed by atoms with Gasteiger partial charge < -0.3 is 4.74 Å². The summed E-state index contributed by atoms with van der Waals surface area (Å²) in [6.45, 7) is 4.30. The third-order valence-electron chi connectivity index (χ3n) is 5.20. The van der Waals surface area contributed by atoms with E-state index in [9.17, 15) is 10.1 Å². The molecule has 1 aromatic rings. The highest BCUT2D eigenvalue weighted by atomic mass is 16.5. The Kier molecular flexibility index (Phi) is 6.85. The van der Waals surface area contributed by atoms with E-state index in [1.54, 1.807) is 0 Å². The van der Waals surface area contributed by atoms with Crippen LogP contribution in [-0.2, 0) is 11.2 Å². The second-order valence-corrected chi connectivity index (χ2v) is 7.09. The third-order valence-corrected chi connectivity index (χ3v) is 5.20. The van der Waals surface area contributed by atoms with Gasteiger partial charge in [0.25, 0.3) is 0 Å². The molecule has 0 bridgehead atoms. The summed E-state index contributed by atoms with van der Waals surface area (Å²) in [6.07, 6.45) is 8.49. The molecule has 0 heterocycles. The van der Waals surface area contributed by atoms with Gasteiger partial charge in [0, 0.05) is 0 Å². The second kappa shape index (κ2) is 8.87. The number of unbranched alkanes of at least 4 members (excludes halogenated alkanes) is 1. The summed E-state index contributed by atoms with van der Waals surface area (Å²) in [5, 5.41) is 9.53. The van der Waals surface area contributed by atoms with Crippen molar-refractivity contribution >= 4 is 5.97 Å². The lowest BCUT2D eigenvalue weighted by atomic mass is 9.69. The molecule has 0 aromatic heterocycles. The standard InChI is InChI=1S/C21H29NO2/c1-3-5-13-21(16-22)14-11-18(12-15-21)20(23)24-19-9-7-17(6-4-2)8-10-19/h7-10,18H,3-6,11-15H2,1-2H3/t18-,21-. The largest absolute Gasteiger partial charge is 0.426 e. The first-order valence-electron chi connectivity index (χ1n) is 9.34. The molecular formula is C21H29NO2. The number of hydrogen-bond donors (Lipinski definition) is 0. The lowest BCUT2D eigenvalue weighted by Gasteiger charge is -2.34. The summed E-state index contributed by atoms with van der Waals surface area (Å²) in [5.74, 6) is 0.423. The van der Waals surface area contributed by atoms with Crippen LogP contribution >= 0.6 is 0 Å². The van der Waals surface area contributed by atoms with Crippen LogP contribution in [0.15, 0.2) is 24.3 Å². The minimum Gasteiger partial charge on any atom is -0.426 e. The summed E-state index contributed by atoms with van der Waals surface area (Å²) in [5.41, 5.74) is 1.05. The fourth-order valence-corrected chi connectivity index (χ4v) is 3.55. The van der Waals surface area contributed by atoms with E-state index < -0.39 is 0 Å². The van der Waals surface area contributed by atoms with Crippen molar-refractivity contribution in [3.8, 4) is 11.8 Å². The number of rotatable bonds is 7. The average molecular weight is 327 g/mol. The van der Waals surface area contributed by atoms with Crippen molar-refractivity contribution in [2.75, 3.05) is 0 Å². The Morgan fingerprint density at radius 3 is 2.42 bits per heavy atom. The molecule has 1 aliphatic carbocycles. The molecule has 0 amide bonds. The molecular weight excluding hydrogens is 298 g/mol. The van der Waals surface area contributed by atoms with Gasteiger partial charge in [-0.3, -0.25) is 4.79 Å². The molecule has 0 radical (unpaired) electrons. The van der Waals surface area contributed by atoms with E-state index in [1.807, 2.05) is 24.3 Å². The van der Waals surface area contributed by atoms with E-state index >= 15 is 0 Å². The lowest BCUT2D eigenvalue weighted by Crippen LogP contribution is -2.31. The van der Waals surface area contributed by atoms with Gasteiger partial charge in [-0.05, 0) is 56.2 Å². The van der Waals surface area contributed by atoms with Crippen LogP contribution in [0.4, 0.5) is 0 Å². The molecule has 1 saturated carbocycles. The normalized spacial score (nSPS) is 23.5. The van der Waals surface area contributed by atoms with Gasteiger partial charge >= 0.3 is 5.97 Å². The average Bonchev–Trinajstić information content (AvgIpc) is 2.62. The molecule has 0 spiro atoms. The predicted molar refractivity (Wildman–Crippen MR) is 95.6 cm³/mol. The molecule has 0 atom stereocenters. The molecule has 0 N–H and O–H groups in total. The summed E-state index contributed by atoms with van der Waals surface area (Å²) >= 11 is 0. The molecule has 3 nitrogen and oxygen atoms in total. The maximum Gasteiger partial charge on any atom is 0.314 e. The van der Waals surface area contributed by atoms with Gasteiger partial charge in [-0.15, -0.1) is 0 Å². The second-order valence-electron chi connectivity index (χ2n) is 7.09. The van der Waals surface area contributed by atoms with E-state index in [0.717, 1.165) is 57.8 Å². The van der Waals surface area contributed by atoms with Gasteiger partial charge in [0.1, 0.15) is 5.75 Å². The molecule has 24 heavy (non-hydrogen) atoms. The Labute approximate surface area is 146 Å². The summed E-state index contributed by atoms with van der Waals surface area (Å²) in [4.78, 5) is 12.4. The topological polar surface area (TPSA) is 50.1 Å². The lowest BCUT2D eigenvalue weighted by molar-refractivity contribution is -0.140. The molecule has 3 heteroatoms. The Morgan fingerprint density at radius 2 is 1.88 bits per heavy atom. The smallest absolute Gasteiger partial charge is 0.314 e. The minimum atomic E-state index is -0.214. The van der Waals surface area contributed by atoms with Crippen LogP contribution in [0.3, 0.4) is 0 Å². The minimum absolute atomic E-state index is 0.0663. The Hall–Kier alpha value is -1.82. The Bertz CT molecular complexity index is 562. The van der Waals surface area contributed by atoms with Crippen LogP contribution in [0.1, 0.15) is 70.8 Å². The number of benzene rings is 1. The highest BCUT2D eigenvalue weighted by Crippen LogP contribution is 2.42. The van der Waals surface area contributed by atoms with E-state index in [0.29, 0.717) is 5.75 Å². The highest BCUT2D eigenvalue weighted by Gasteiger charge is 2.37. The quantitative estimate of drug-likeness (QED) is 0.495. The summed E-state index contributed by atoms with van der Waals surface area (Å²) < 4.78 is 5.55. The molecule has 1 aromatic carbocycles. The number of carbonyl (C=O) groups excluding carboxylic acids is 1. The van der Waals surface area contributed by atoms with Gasteiger partial charge in [0.2, 0.25) is 0 Å². The highest BCUT2D eigenvalue weighted by molar-refractivity contribution is 5.75. The molecule has 1 fully saturated rings. The first-order chi connectivity index (χ1) is 11.6. The predicted octanol–water partition coefficient (Wildman–Crippen LogP) is 5.43. The van der Waals surface area contributed by atoms with Gasteiger partial charge in [0.05, 0.1) is 17.4 Å². The van der Waals surface area contributed by atoms with Crippen LogP contribution in [-0.4, -0.2) is 5.97 Å². The SMILES string of the molecule is CCCC[C@]1(C#N)CC[C@H](C(=O)Oc2ccc(CCC)cc2)CC1. The zero-order chi connectivity index (χ0) is 17.4. The van der Waals surface area contributed by atoms with Crippen LogP contribution in [0.25, 0.3) is 0 Å². The van der Waals surface area contributed by atoms with Crippen molar-refractivity contribution < 1.29 is 9.53 Å². The number of ether oxygens (including phenoxy) is 1. The monoisotopic (exact) mass is 327 g/mol. The molecule has 0 unspecified atom stereocenters. The number of aryl methyl sites for hydroxylation is 1. The summed E-state index contributed by atoms with van der Waals surface area (Å²) in [7, 11) is 0. The number of hydrogen-bond acceptors (Lipinski definition) is 3. The van der Waals surface area contributed by atoms with Crippen molar-refractivity contribution in [1.29, 1.82) is 5.26 Å². The van der Waals surface area contributed by atoms with Crippen molar-refractivity contribution in [2.45, 2.75) is 71.6 Å². The number of nitrogens with zero attached hydrogens (tertiary/aromatic N) is 1. The number of carbonyl (C=O) groups is 1. The van der Waals surface area contributed by atoms with Gasteiger partial charge in [-0.25, -0.2) is 0 Å². The first-order valence-corrected chi connectivity index (χ1v) is 9.34. The van der Waals surface area contributed by atoms with E-state index in [-0.39, 0.29) is 17.3 Å². The Balaban J connectivity index is 1.87. The van der Waals surface area contributed by atoms with Crippen LogP contribution in [0.2, 0.25) is 0 Å². The van der Waals surface area contributed by atoms with Gasteiger partial charge in [-0.1, -0.05) is 45.2 Å². The molecule has 130 valence electrons. The van der Waals surface area contributed by atoms with E-state index in [4.69, 9.17) is 4.74 Å². The van der Waals surface area contributed by atoms with Gasteiger partial charge in [-0.2, -0.15) is 5.26 Å². The number of nitriles is 1. The van der Waals surface area contributed by atoms with Crippen molar-refractivity contribution in [2.24, 2.45) is 11.3 Å².